The Kier molecular flexibility index (Phi) is 3.61. The molecular formula is C13H14N4O3S. The summed E-state index contributed by atoms with van der Waals surface area (Å²) in [6, 6.07) is 3.66. The number of aryl methyl sites for hydroxylation is 1. The zero-order valence-corrected chi connectivity index (χ0v) is 12.4. The minimum Gasteiger partial charge on any atom is -0.493 e. The summed E-state index contributed by atoms with van der Waals surface area (Å²) >= 11 is 5.14. The average molecular weight is 306 g/mol. The zero-order chi connectivity index (χ0) is 14.8. The van der Waals surface area contributed by atoms with Gasteiger partial charge in [0.15, 0.2) is 17.3 Å². The predicted octanol–water partition coefficient (Wildman–Crippen LogP) is 2.12. The highest BCUT2D eigenvalue weighted by Gasteiger charge is 2.19. The minimum atomic E-state index is 0.194. The van der Waals surface area contributed by atoms with Crippen LogP contribution < -0.4 is 14.2 Å². The van der Waals surface area contributed by atoms with E-state index in [2.05, 4.69) is 15.3 Å². The molecule has 3 rings (SSSR count). The molecule has 2 aromatic rings. The maximum atomic E-state index is 5.38. The molecule has 1 N–H and O–H groups in total. The Morgan fingerprint density at radius 2 is 2.38 bits per heavy atom. The molecule has 7 nitrogen and oxygen atoms in total. The van der Waals surface area contributed by atoms with E-state index in [0.29, 0.717) is 22.0 Å². The molecule has 0 unspecified atom stereocenters. The molecule has 0 saturated heterocycles. The summed E-state index contributed by atoms with van der Waals surface area (Å²) in [5, 5.41) is 11.2. The van der Waals surface area contributed by atoms with Gasteiger partial charge in [-0.15, -0.1) is 0 Å². The Balaban J connectivity index is 1.97. The molecule has 0 radical (unpaired) electrons. The molecule has 1 aromatic carbocycles. The second-order valence-corrected chi connectivity index (χ2v) is 4.70. The molecule has 8 heteroatoms. The highest BCUT2D eigenvalue weighted by Crippen LogP contribution is 2.41. The molecule has 0 amide bonds. The van der Waals surface area contributed by atoms with Crippen LogP contribution in [0.15, 0.2) is 17.2 Å². The summed E-state index contributed by atoms with van der Waals surface area (Å²) in [6.45, 7) is 2.18. The number of hydrogen-bond acceptors (Lipinski definition) is 6. The van der Waals surface area contributed by atoms with E-state index in [1.165, 1.54) is 0 Å². The van der Waals surface area contributed by atoms with Crippen LogP contribution in [0.3, 0.4) is 0 Å². The molecule has 1 aliphatic rings. The molecule has 0 spiro atoms. The first-order valence-electron chi connectivity index (χ1n) is 6.41. The van der Waals surface area contributed by atoms with Gasteiger partial charge in [0.2, 0.25) is 17.3 Å². The standard InChI is InChI=1S/C13H14N4O3S/c1-3-11-15-16-13(21)17(11)14-6-8-4-9(18-2)12-10(5-8)19-7-20-12/h4-6H,3,7H2,1-2H3,(H,16,21)/b14-6-. The summed E-state index contributed by atoms with van der Waals surface area (Å²) in [4.78, 5) is 0. The molecule has 1 aromatic heterocycles. The molecule has 0 aliphatic carbocycles. The minimum absolute atomic E-state index is 0.194. The second kappa shape index (κ2) is 5.57. The smallest absolute Gasteiger partial charge is 0.231 e. The van der Waals surface area contributed by atoms with Crippen molar-refractivity contribution in [1.82, 2.24) is 14.9 Å². The van der Waals surface area contributed by atoms with E-state index < -0.39 is 0 Å². The van der Waals surface area contributed by atoms with E-state index >= 15 is 0 Å². The Morgan fingerprint density at radius 1 is 1.52 bits per heavy atom. The molecular weight excluding hydrogens is 292 g/mol. The van der Waals surface area contributed by atoms with Gasteiger partial charge in [-0.25, -0.2) is 0 Å². The number of nitrogens with one attached hydrogen (secondary N) is 1. The van der Waals surface area contributed by atoms with Crippen LogP contribution in [0.25, 0.3) is 0 Å². The molecule has 0 bridgehead atoms. The van der Waals surface area contributed by atoms with Crippen molar-refractivity contribution in [2.45, 2.75) is 13.3 Å². The van der Waals surface area contributed by atoms with Gasteiger partial charge in [-0.3, -0.25) is 5.10 Å². The number of methoxy groups -OCH3 is 1. The van der Waals surface area contributed by atoms with E-state index in [1.807, 2.05) is 19.1 Å². The number of nitrogens with zero attached hydrogens (tertiary/aromatic N) is 3. The number of aromatic nitrogens is 3. The first-order chi connectivity index (χ1) is 10.2. The number of rotatable bonds is 4. The normalized spacial score (nSPS) is 13.0. The molecule has 110 valence electrons. The van der Waals surface area contributed by atoms with Gasteiger partial charge in [0, 0.05) is 12.0 Å². The van der Waals surface area contributed by atoms with Crippen molar-refractivity contribution in [3.8, 4) is 17.2 Å². The van der Waals surface area contributed by atoms with Crippen molar-refractivity contribution >= 4 is 18.4 Å². The highest BCUT2D eigenvalue weighted by molar-refractivity contribution is 7.71. The summed E-state index contributed by atoms with van der Waals surface area (Å²) < 4.78 is 18.1. The zero-order valence-electron chi connectivity index (χ0n) is 11.6. The van der Waals surface area contributed by atoms with Crippen molar-refractivity contribution < 1.29 is 14.2 Å². The molecule has 0 atom stereocenters. The monoisotopic (exact) mass is 306 g/mol. The third kappa shape index (κ3) is 2.49. The summed E-state index contributed by atoms with van der Waals surface area (Å²) in [7, 11) is 1.58. The molecule has 0 saturated carbocycles. The maximum absolute atomic E-state index is 5.38. The SMILES string of the molecule is CCc1n[nH]c(=S)n1/N=C\c1cc(OC)c2c(c1)OCO2. The Morgan fingerprint density at radius 3 is 3.14 bits per heavy atom. The van der Waals surface area contributed by atoms with Crippen molar-refractivity contribution in [2.24, 2.45) is 5.10 Å². The topological polar surface area (TPSA) is 73.7 Å². The number of fused-ring (bicyclic) bond motifs is 1. The first kappa shape index (κ1) is 13.6. The number of aromatic amines is 1. The Bertz CT molecular complexity index is 750. The summed E-state index contributed by atoms with van der Waals surface area (Å²) in [6.07, 6.45) is 2.41. The lowest BCUT2D eigenvalue weighted by atomic mass is 10.2. The fourth-order valence-electron chi connectivity index (χ4n) is 2.02. The van der Waals surface area contributed by atoms with Crippen molar-refractivity contribution in [1.29, 1.82) is 0 Å². The van der Waals surface area contributed by atoms with E-state index in [9.17, 15) is 0 Å². The second-order valence-electron chi connectivity index (χ2n) is 4.31. The fourth-order valence-corrected chi connectivity index (χ4v) is 2.22. The number of hydrogen-bond donors (Lipinski definition) is 1. The molecule has 0 fully saturated rings. The van der Waals surface area contributed by atoms with Crippen LogP contribution in [0.1, 0.15) is 18.3 Å². The predicted molar refractivity (Wildman–Crippen MR) is 78.9 cm³/mol. The van der Waals surface area contributed by atoms with Gasteiger partial charge in [-0.1, -0.05) is 6.92 Å². The fraction of sp³-hybridized carbons (Fsp3) is 0.308. The van der Waals surface area contributed by atoms with Crippen LogP contribution in [-0.4, -0.2) is 35.0 Å². The van der Waals surface area contributed by atoms with E-state index in [1.54, 1.807) is 18.0 Å². The van der Waals surface area contributed by atoms with E-state index in [0.717, 1.165) is 17.8 Å². The Labute approximate surface area is 126 Å². The quantitative estimate of drug-likeness (QED) is 0.692. The van der Waals surface area contributed by atoms with Crippen molar-refractivity contribution in [2.75, 3.05) is 13.9 Å². The average Bonchev–Trinajstić information content (AvgIpc) is 3.10. The van der Waals surface area contributed by atoms with Gasteiger partial charge in [-0.05, 0) is 24.4 Å². The van der Waals surface area contributed by atoms with Crippen molar-refractivity contribution in [3.05, 3.63) is 28.3 Å². The van der Waals surface area contributed by atoms with Crippen LogP contribution in [0.4, 0.5) is 0 Å². The van der Waals surface area contributed by atoms with Gasteiger partial charge in [0.05, 0.1) is 13.3 Å². The van der Waals surface area contributed by atoms with Gasteiger partial charge in [0.1, 0.15) is 0 Å². The van der Waals surface area contributed by atoms with Crippen LogP contribution in [0, 0.1) is 4.77 Å². The van der Waals surface area contributed by atoms with Crippen LogP contribution >= 0.6 is 12.2 Å². The van der Waals surface area contributed by atoms with Gasteiger partial charge < -0.3 is 14.2 Å². The first-order valence-corrected chi connectivity index (χ1v) is 6.82. The summed E-state index contributed by atoms with van der Waals surface area (Å²) in [5.41, 5.74) is 0.821. The highest BCUT2D eigenvalue weighted by atomic mass is 32.1. The third-order valence-electron chi connectivity index (χ3n) is 3.04. The van der Waals surface area contributed by atoms with E-state index in [-0.39, 0.29) is 6.79 Å². The van der Waals surface area contributed by atoms with Crippen LogP contribution in [0.5, 0.6) is 17.2 Å². The molecule has 21 heavy (non-hydrogen) atoms. The lowest BCUT2D eigenvalue weighted by molar-refractivity contribution is 0.171. The van der Waals surface area contributed by atoms with Crippen LogP contribution in [0.2, 0.25) is 0 Å². The third-order valence-corrected chi connectivity index (χ3v) is 3.30. The van der Waals surface area contributed by atoms with E-state index in [4.69, 9.17) is 26.4 Å². The number of H-pyrrole nitrogens is 1. The van der Waals surface area contributed by atoms with Gasteiger partial charge in [-0.2, -0.15) is 14.9 Å². The van der Waals surface area contributed by atoms with Crippen LogP contribution in [-0.2, 0) is 6.42 Å². The van der Waals surface area contributed by atoms with Gasteiger partial charge in [0.25, 0.3) is 0 Å². The lowest BCUT2D eigenvalue weighted by Gasteiger charge is -2.05. The summed E-state index contributed by atoms with van der Waals surface area (Å²) in [5.74, 6) is 2.63. The van der Waals surface area contributed by atoms with Gasteiger partial charge >= 0.3 is 0 Å². The number of ether oxygens (including phenoxy) is 3. The van der Waals surface area contributed by atoms with Crippen molar-refractivity contribution in [3.63, 3.8) is 0 Å². The lowest BCUT2D eigenvalue weighted by Crippen LogP contribution is -1.97. The largest absolute Gasteiger partial charge is 0.493 e. The number of benzene rings is 1. The molecule has 1 aliphatic heterocycles. The Hall–Kier alpha value is -2.35. The molecule has 2 heterocycles. The maximum Gasteiger partial charge on any atom is 0.231 e.